The summed E-state index contributed by atoms with van der Waals surface area (Å²) in [5.74, 6) is -0.913. The van der Waals surface area contributed by atoms with Gasteiger partial charge in [-0.15, -0.1) is 12.4 Å². The summed E-state index contributed by atoms with van der Waals surface area (Å²) in [4.78, 5) is 35.5. The molecule has 7 nitrogen and oxygen atoms in total. The van der Waals surface area contributed by atoms with E-state index < -0.39 is 29.1 Å². The number of nitrogens with zero attached hydrogens (tertiary/aromatic N) is 2. The van der Waals surface area contributed by atoms with Gasteiger partial charge in [0.2, 0.25) is 5.95 Å². The zero-order valence-electron chi connectivity index (χ0n) is 20.6. The smallest absolute Gasteiger partial charge is 0.349 e. The lowest BCUT2D eigenvalue weighted by molar-refractivity contribution is -0.137. The summed E-state index contributed by atoms with van der Waals surface area (Å²) in [6, 6.07) is 13.3. The molecule has 2 amide bonds. The topological polar surface area (TPSA) is 90.1 Å². The lowest BCUT2D eigenvalue weighted by Crippen LogP contribution is -2.19. The number of carbonyl (C=O) groups is 2. The molecule has 1 aromatic heterocycles. The van der Waals surface area contributed by atoms with Gasteiger partial charge in [-0.1, -0.05) is 18.2 Å². The number of benzene rings is 3. The van der Waals surface area contributed by atoms with Crippen LogP contribution < -0.4 is 15.5 Å². The summed E-state index contributed by atoms with van der Waals surface area (Å²) in [5.41, 5.74) is 2.69. The van der Waals surface area contributed by atoms with Gasteiger partial charge < -0.3 is 20.5 Å². The van der Waals surface area contributed by atoms with Crippen LogP contribution in [-0.2, 0) is 19.0 Å². The fourth-order valence-electron chi connectivity index (χ4n) is 4.54. The third kappa shape index (κ3) is 5.31. The summed E-state index contributed by atoms with van der Waals surface area (Å²) >= 11 is 0. The van der Waals surface area contributed by atoms with Crippen LogP contribution in [-0.4, -0.2) is 35.9 Å². The van der Waals surface area contributed by atoms with Crippen LogP contribution in [0.2, 0.25) is 0 Å². The number of hydrogen-bond donors (Lipinski definition) is 3. The van der Waals surface area contributed by atoms with Crippen LogP contribution >= 0.6 is 12.4 Å². The molecule has 4 aromatic rings. The van der Waals surface area contributed by atoms with Crippen LogP contribution in [0.15, 0.2) is 54.6 Å². The monoisotopic (exact) mass is 543 g/mol. The fraction of sp³-hybridized carbons (Fsp3) is 0.222. The Labute approximate surface area is 222 Å². The number of imidazole rings is 1. The molecule has 38 heavy (non-hydrogen) atoms. The van der Waals surface area contributed by atoms with Gasteiger partial charge >= 0.3 is 6.18 Å². The number of carbonyl (C=O) groups excluding carboxylic acids is 2. The maximum Gasteiger partial charge on any atom is 0.417 e. The van der Waals surface area contributed by atoms with Gasteiger partial charge in [-0.3, -0.25) is 9.59 Å². The van der Waals surface area contributed by atoms with Crippen molar-refractivity contribution >= 4 is 52.6 Å². The first-order valence-electron chi connectivity index (χ1n) is 11.7. The molecule has 5 rings (SSSR count). The number of aromatic amines is 1. The van der Waals surface area contributed by atoms with E-state index in [2.05, 4.69) is 20.6 Å². The first-order chi connectivity index (χ1) is 17.6. The number of amides is 2. The van der Waals surface area contributed by atoms with E-state index in [1.54, 1.807) is 19.0 Å². The third-order valence-electron chi connectivity index (χ3n) is 6.33. The molecule has 11 heteroatoms. The van der Waals surface area contributed by atoms with Gasteiger partial charge in [0, 0.05) is 25.5 Å². The number of rotatable bonds is 5. The molecule has 198 valence electrons. The Morgan fingerprint density at radius 1 is 0.895 bits per heavy atom. The minimum atomic E-state index is -4.69. The molecular weight excluding hydrogens is 519 g/mol. The highest BCUT2D eigenvalue weighted by molar-refractivity contribution is 6.14. The Balaban J connectivity index is 0.00000336. The highest BCUT2D eigenvalue weighted by Gasteiger charge is 2.35. The van der Waals surface area contributed by atoms with Crippen molar-refractivity contribution in [2.75, 3.05) is 29.6 Å². The first kappa shape index (κ1) is 27.0. The van der Waals surface area contributed by atoms with Gasteiger partial charge in [0.1, 0.15) is 5.52 Å². The fourth-order valence-corrected chi connectivity index (χ4v) is 4.54. The summed E-state index contributed by atoms with van der Waals surface area (Å²) in [7, 11) is 3.55. The number of alkyl halides is 3. The Kier molecular flexibility index (Phi) is 7.37. The van der Waals surface area contributed by atoms with Crippen molar-refractivity contribution in [2.24, 2.45) is 0 Å². The van der Waals surface area contributed by atoms with Gasteiger partial charge in [-0.2, -0.15) is 13.2 Å². The second kappa shape index (κ2) is 10.4. The number of aryl methyl sites for hydroxylation is 2. The maximum atomic E-state index is 13.4. The summed E-state index contributed by atoms with van der Waals surface area (Å²) in [5, 5.41) is 5.41. The molecule has 1 heterocycles. The molecule has 0 bridgehead atoms. The maximum absolute atomic E-state index is 13.4. The molecule has 0 spiro atoms. The van der Waals surface area contributed by atoms with E-state index in [-0.39, 0.29) is 23.7 Å². The predicted octanol–water partition coefficient (Wildman–Crippen LogP) is 6.06. The summed E-state index contributed by atoms with van der Waals surface area (Å²) < 4.78 is 40.3. The van der Waals surface area contributed by atoms with E-state index >= 15 is 0 Å². The van der Waals surface area contributed by atoms with Crippen molar-refractivity contribution in [1.29, 1.82) is 0 Å². The number of H-pyrrole nitrogens is 1. The van der Waals surface area contributed by atoms with Crippen LogP contribution in [0.4, 0.5) is 30.5 Å². The van der Waals surface area contributed by atoms with E-state index in [1.807, 2.05) is 18.2 Å². The van der Waals surface area contributed by atoms with Crippen LogP contribution in [0.1, 0.15) is 43.8 Å². The third-order valence-corrected chi connectivity index (χ3v) is 6.33. The molecule has 0 saturated heterocycles. The van der Waals surface area contributed by atoms with Gasteiger partial charge in [-0.25, -0.2) is 4.98 Å². The number of hydrogen-bond acceptors (Lipinski definition) is 4. The number of nitrogens with one attached hydrogen (secondary N) is 3. The minimum absolute atomic E-state index is 0. The van der Waals surface area contributed by atoms with Crippen molar-refractivity contribution < 1.29 is 22.8 Å². The summed E-state index contributed by atoms with van der Waals surface area (Å²) in [6.45, 7) is 0. The van der Waals surface area contributed by atoms with Crippen LogP contribution in [0, 0.1) is 0 Å². The highest BCUT2D eigenvalue weighted by Crippen LogP contribution is 2.33. The lowest BCUT2D eigenvalue weighted by atomic mass is 10.1. The van der Waals surface area contributed by atoms with Gasteiger partial charge in [0.25, 0.3) is 11.8 Å². The van der Waals surface area contributed by atoms with Crippen molar-refractivity contribution in [3.8, 4) is 0 Å². The molecule has 0 fully saturated rings. The van der Waals surface area contributed by atoms with E-state index in [1.165, 1.54) is 35.4 Å². The number of aromatic nitrogens is 2. The first-order valence-corrected chi connectivity index (χ1v) is 11.7. The van der Waals surface area contributed by atoms with Crippen molar-refractivity contribution in [3.63, 3.8) is 0 Å². The molecule has 1 aliphatic rings. The largest absolute Gasteiger partial charge is 0.417 e. The second-order valence-corrected chi connectivity index (χ2v) is 9.16. The Bertz CT molecular complexity index is 1530. The molecule has 0 atom stereocenters. The van der Waals surface area contributed by atoms with E-state index in [9.17, 15) is 22.8 Å². The SMILES string of the molecule is CN(C)c1nc2c(C(=O)Nc3ccc4c(c3)CCC4)cc(NC(=O)c3ccccc3C(F)(F)F)cc2[nH]1.Cl. The number of anilines is 3. The van der Waals surface area contributed by atoms with Crippen LogP contribution in [0.3, 0.4) is 0 Å². The van der Waals surface area contributed by atoms with E-state index in [4.69, 9.17) is 0 Å². The molecule has 3 N–H and O–H groups in total. The highest BCUT2D eigenvalue weighted by atomic mass is 35.5. The lowest BCUT2D eigenvalue weighted by Gasteiger charge is -2.13. The molecule has 0 unspecified atom stereocenters. The number of fused-ring (bicyclic) bond motifs is 2. The molecular formula is C27H25ClF3N5O2. The van der Waals surface area contributed by atoms with E-state index in [0.29, 0.717) is 22.7 Å². The molecule has 0 saturated carbocycles. The van der Waals surface area contributed by atoms with Crippen molar-refractivity contribution in [2.45, 2.75) is 25.4 Å². The average Bonchev–Trinajstić information content (AvgIpc) is 3.49. The van der Waals surface area contributed by atoms with Gasteiger partial charge in [-0.05, 0) is 66.8 Å². The quantitative estimate of drug-likeness (QED) is 0.285. The minimum Gasteiger partial charge on any atom is -0.349 e. The van der Waals surface area contributed by atoms with Crippen LogP contribution in [0.25, 0.3) is 11.0 Å². The van der Waals surface area contributed by atoms with Crippen molar-refractivity contribution in [1.82, 2.24) is 9.97 Å². The Morgan fingerprint density at radius 3 is 2.32 bits per heavy atom. The predicted molar refractivity (Wildman–Crippen MR) is 143 cm³/mol. The van der Waals surface area contributed by atoms with Crippen LogP contribution in [0.5, 0.6) is 0 Å². The van der Waals surface area contributed by atoms with Gasteiger partial charge in [0.05, 0.1) is 22.2 Å². The van der Waals surface area contributed by atoms with Crippen molar-refractivity contribution in [3.05, 3.63) is 82.4 Å². The summed E-state index contributed by atoms with van der Waals surface area (Å²) in [6.07, 6.45) is -1.64. The molecule has 3 aromatic carbocycles. The Morgan fingerprint density at radius 2 is 1.58 bits per heavy atom. The normalized spacial score (nSPS) is 12.6. The standard InChI is InChI=1S/C27H24F3N5O2.ClH/c1-35(2)26-33-22-14-18(32-24(36)19-8-3-4-9-21(19)27(28,29)30)13-20(23(22)34-26)25(37)31-17-11-10-15-6-5-7-16(15)12-17;/h3-4,8-14H,5-7H2,1-2H3,(H,31,37)(H,32,36)(H,33,34);1H. The zero-order chi connectivity index (χ0) is 26.3. The number of halogens is 4. The molecule has 1 aliphatic carbocycles. The molecule has 0 radical (unpaired) electrons. The second-order valence-electron chi connectivity index (χ2n) is 9.16. The average molecular weight is 544 g/mol. The van der Waals surface area contributed by atoms with Gasteiger partial charge in [0.15, 0.2) is 0 Å². The molecule has 0 aliphatic heterocycles. The zero-order valence-corrected chi connectivity index (χ0v) is 21.4. The van der Waals surface area contributed by atoms with E-state index in [0.717, 1.165) is 31.4 Å². The Hall–Kier alpha value is -4.05.